The number of aliphatic hydroxyl groups excluding tert-OH is 1. The van der Waals surface area contributed by atoms with Gasteiger partial charge in [-0.25, -0.2) is 0 Å². The van der Waals surface area contributed by atoms with Crippen molar-refractivity contribution in [1.82, 2.24) is 0 Å². The summed E-state index contributed by atoms with van der Waals surface area (Å²) in [6.45, 7) is 7.91. The van der Waals surface area contributed by atoms with Crippen LogP contribution in [-0.4, -0.2) is 29.2 Å². The Morgan fingerprint density at radius 2 is 1.83 bits per heavy atom. The van der Waals surface area contributed by atoms with E-state index in [1.807, 2.05) is 27.7 Å². The van der Waals surface area contributed by atoms with Gasteiger partial charge in [0.1, 0.15) is 0 Å². The van der Waals surface area contributed by atoms with Crippen molar-refractivity contribution in [3.8, 4) is 0 Å². The first kappa shape index (κ1) is 9.96. The van der Waals surface area contributed by atoms with E-state index in [2.05, 4.69) is 0 Å². The molecule has 0 unspecified atom stereocenters. The molecule has 3 nitrogen and oxygen atoms in total. The molecule has 0 aromatic rings. The van der Waals surface area contributed by atoms with Crippen LogP contribution < -0.4 is 0 Å². The summed E-state index contributed by atoms with van der Waals surface area (Å²) in [7, 11) is 0. The van der Waals surface area contributed by atoms with Gasteiger partial charge in [-0.15, -0.1) is 0 Å². The maximum absolute atomic E-state index is 8.79. The van der Waals surface area contributed by atoms with E-state index in [1.165, 1.54) is 0 Å². The van der Waals surface area contributed by atoms with Gasteiger partial charge in [0, 0.05) is 6.61 Å². The molecule has 12 heavy (non-hydrogen) atoms. The lowest BCUT2D eigenvalue weighted by Gasteiger charge is -2.23. The van der Waals surface area contributed by atoms with E-state index in [-0.39, 0.29) is 18.3 Å². The van der Waals surface area contributed by atoms with E-state index in [4.69, 9.17) is 14.6 Å². The summed E-state index contributed by atoms with van der Waals surface area (Å²) in [6, 6.07) is 0. The Hall–Kier alpha value is -0.120. The molecule has 0 aromatic heterocycles. The highest BCUT2D eigenvalue weighted by molar-refractivity contribution is 4.88. The molecule has 0 aromatic carbocycles. The molecule has 0 spiro atoms. The molecule has 0 bridgehead atoms. The highest BCUT2D eigenvalue weighted by Crippen LogP contribution is 2.37. The molecule has 1 N–H and O–H groups in total. The van der Waals surface area contributed by atoms with Crippen LogP contribution in [-0.2, 0) is 9.47 Å². The van der Waals surface area contributed by atoms with Crippen molar-refractivity contribution in [1.29, 1.82) is 0 Å². The van der Waals surface area contributed by atoms with Crippen LogP contribution in [0.3, 0.4) is 0 Å². The average Bonchev–Trinajstić information content (AvgIpc) is 2.01. The fourth-order valence-electron chi connectivity index (χ4n) is 1.73. The average molecular weight is 174 g/mol. The number of hydrogen-bond donors (Lipinski definition) is 1. The SMILES string of the molecule is CC1(C)O[C@@H](CCO)C(C)(C)O1. The summed E-state index contributed by atoms with van der Waals surface area (Å²) >= 11 is 0. The minimum Gasteiger partial charge on any atom is -0.396 e. The molecular formula is C9H18O3. The minimum atomic E-state index is -0.511. The molecule has 1 aliphatic heterocycles. The van der Waals surface area contributed by atoms with Crippen molar-refractivity contribution in [2.24, 2.45) is 0 Å². The van der Waals surface area contributed by atoms with Gasteiger partial charge in [-0.2, -0.15) is 0 Å². The van der Waals surface area contributed by atoms with Crippen molar-refractivity contribution in [2.75, 3.05) is 6.61 Å². The Bertz CT molecular complexity index is 163. The van der Waals surface area contributed by atoms with E-state index in [0.717, 1.165) is 0 Å². The summed E-state index contributed by atoms with van der Waals surface area (Å²) < 4.78 is 11.3. The van der Waals surface area contributed by atoms with E-state index in [9.17, 15) is 0 Å². The second-order valence-electron chi connectivity index (χ2n) is 4.22. The zero-order chi connectivity index (χ0) is 9.41. The van der Waals surface area contributed by atoms with Crippen LogP contribution in [0, 0.1) is 0 Å². The quantitative estimate of drug-likeness (QED) is 0.685. The van der Waals surface area contributed by atoms with Crippen molar-refractivity contribution in [2.45, 2.75) is 51.6 Å². The highest BCUT2D eigenvalue weighted by Gasteiger charge is 2.46. The number of ether oxygens (including phenoxy) is 2. The van der Waals surface area contributed by atoms with Crippen LogP contribution in [0.2, 0.25) is 0 Å². The van der Waals surface area contributed by atoms with Gasteiger partial charge in [0.25, 0.3) is 0 Å². The Balaban J connectivity index is 2.64. The van der Waals surface area contributed by atoms with Crippen LogP contribution in [0.5, 0.6) is 0 Å². The molecule has 0 saturated carbocycles. The lowest BCUT2D eigenvalue weighted by molar-refractivity contribution is -0.157. The van der Waals surface area contributed by atoms with Gasteiger partial charge in [0.2, 0.25) is 0 Å². The smallest absolute Gasteiger partial charge is 0.164 e. The van der Waals surface area contributed by atoms with Crippen LogP contribution in [0.15, 0.2) is 0 Å². The maximum atomic E-state index is 8.79. The standard InChI is InChI=1S/C9H18O3/c1-8(2)7(5-6-10)11-9(3,4)12-8/h7,10H,5-6H2,1-4H3/t7-/m0/s1. The van der Waals surface area contributed by atoms with E-state index in [1.54, 1.807) is 0 Å². The molecule has 1 saturated heterocycles. The zero-order valence-corrected chi connectivity index (χ0v) is 8.26. The first-order valence-electron chi connectivity index (χ1n) is 4.36. The molecule has 1 atom stereocenters. The molecule has 0 aliphatic carbocycles. The number of hydrogen-bond acceptors (Lipinski definition) is 3. The predicted molar refractivity (Wildman–Crippen MR) is 45.8 cm³/mol. The largest absolute Gasteiger partial charge is 0.396 e. The Labute approximate surface area is 73.7 Å². The molecule has 1 heterocycles. The third-order valence-electron chi connectivity index (χ3n) is 2.10. The van der Waals surface area contributed by atoms with Crippen molar-refractivity contribution >= 4 is 0 Å². The van der Waals surface area contributed by atoms with Gasteiger partial charge >= 0.3 is 0 Å². The van der Waals surface area contributed by atoms with E-state index in [0.29, 0.717) is 6.42 Å². The van der Waals surface area contributed by atoms with Crippen LogP contribution >= 0.6 is 0 Å². The third-order valence-corrected chi connectivity index (χ3v) is 2.10. The van der Waals surface area contributed by atoms with Gasteiger partial charge in [-0.05, 0) is 34.1 Å². The summed E-state index contributed by atoms with van der Waals surface area (Å²) in [5.74, 6) is -0.511. The summed E-state index contributed by atoms with van der Waals surface area (Å²) in [5, 5.41) is 8.79. The minimum absolute atomic E-state index is 0.00231. The Morgan fingerprint density at radius 1 is 1.25 bits per heavy atom. The molecule has 0 amide bonds. The Morgan fingerprint density at radius 3 is 2.17 bits per heavy atom. The molecule has 0 radical (unpaired) electrons. The zero-order valence-electron chi connectivity index (χ0n) is 8.26. The summed E-state index contributed by atoms with van der Waals surface area (Å²) in [6.07, 6.45) is 0.633. The molecule has 3 heteroatoms. The lowest BCUT2D eigenvalue weighted by atomic mass is 10.00. The molecule has 1 aliphatic rings. The van der Waals surface area contributed by atoms with Crippen molar-refractivity contribution in [3.63, 3.8) is 0 Å². The van der Waals surface area contributed by atoms with Gasteiger partial charge in [0.05, 0.1) is 11.7 Å². The Kier molecular flexibility index (Phi) is 2.47. The number of aliphatic hydroxyl groups is 1. The highest BCUT2D eigenvalue weighted by atomic mass is 16.8. The van der Waals surface area contributed by atoms with Gasteiger partial charge < -0.3 is 14.6 Å². The monoisotopic (exact) mass is 174 g/mol. The topological polar surface area (TPSA) is 38.7 Å². The third kappa shape index (κ3) is 1.97. The molecule has 72 valence electrons. The second-order valence-corrected chi connectivity index (χ2v) is 4.22. The molecule has 1 rings (SSSR count). The normalized spacial score (nSPS) is 32.2. The summed E-state index contributed by atoms with van der Waals surface area (Å²) in [4.78, 5) is 0. The number of rotatable bonds is 2. The van der Waals surface area contributed by atoms with E-state index < -0.39 is 5.79 Å². The van der Waals surface area contributed by atoms with Crippen LogP contribution in [0.4, 0.5) is 0 Å². The van der Waals surface area contributed by atoms with Gasteiger partial charge in [0.15, 0.2) is 5.79 Å². The van der Waals surface area contributed by atoms with Gasteiger partial charge in [-0.3, -0.25) is 0 Å². The lowest BCUT2D eigenvalue weighted by Crippen LogP contribution is -2.33. The first-order valence-corrected chi connectivity index (χ1v) is 4.36. The predicted octanol–water partition coefficient (Wildman–Crippen LogP) is 1.30. The fourth-order valence-corrected chi connectivity index (χ4v) is 1.73. The fraction of sp³-hybridized carbons (Fsp3) is 1.00. The van der Waals surface area contributed by atoms with Crippen molar-refractivity contribution < 1.29 is 14.6 Å². The molecule has 1 fully saturated rings. The van der Waals surface area contributed by atoms with Crippen LogP contribution in [0.1, 0.15) is 34.1 Å². The first-order chi connectivity index (χ1) is 5.37. The summed E-state index contributed by atoms with van der Waals surface area (Å²) in [5.41, 5.74) is -0.285. The van der Waals surface area contributed by atoms with Gasteiger partial charge in [-0.1, -0.05) is 0 Å². The van der Waals surface area contributed by atoms with E-state index >= 15 is 0 Å². The second kappa shape index (κ2) is 2.98. The maximum Gasteiger partial charge on any atom is 0.164 e. The molecular weight excluding hydrogens is 156 g/mol. The van der Waals surface area contributed by atoms with Crippen molar-refractivity contribution in [3.05, 3.63) is 0 Å². The van der Waals surface area contributed by atoms with Crippen LogP contribution in [0.25, 0.3) is 0 Å².